The van der Waals surface area contributed by atoms with Crippen LogP contribution in [0.2, 0.25) is 10.0 Å². The number of Topliss-reactive ketones (excluding diaryl/α,β-unsaturated/α-hetero) is 1. The lowest BCUT2D eigenvalue weighted by atomic mass is 10.1. The summed E-state index contributed by atoms with van der Waals surface area (Å²) in [4.78, 5) is 12.2. The Kier molecular flexibility index (Phi) is 4.71. The van der Waals surface area contributed by atoms with Gasteiger partial charge in [-0.1, -0.05) is 59.1 Å². The molecule has 0 radical (unpaired) electrons. The van der Waals surface area contributed by atoms with Gasteiger partial charge in [0.15, 0.2) is 0 Å². The zero-order valence-corrected chi connectivity index (χ0v) is 12.4. The van der Waals surface area contributed by atoms with E-state index in [0.717, 1.165) is 0 Å². The SMILES string of the molecule is O=C(C(Cl)=C(O)c1ccccc1Cl)c1ccccc1Cl. The molecule has 0 heterocycles. The smallest absolute Gasteiger partial charge is 0.209 e. The zero-order valence-electron chi connectivity index (χ0n) is 10.1. The lowest BCUT2D eigenvalue weighted by Crippen LogP contribution is -2.03. The number of hydrogen-bond donors (Lipinski definition) is 1. The normalized spacial score (nSPS) is 11.9. The molecule has 0 saturated heterocycles. The Bertz CT molecular complexity index is 693. The number of halogens is 3. The molecule has 0 aliphatic heterocycles. The molecule has 0 aromatic heterocycles. The second-order valence-corrected chi connectivity index (χ2v) is 5.14. The highest BCUT2D eigenvalue weighted by atomic mass is 35.5. The molecule has 2 aromatic carbocycles. The Hall–Kier alpha value is -1.48. The third-order valence-corrected chi connectivity index (χ3v) is 3.66. The highest BCUT2D eigenvalue weighted by molar-refractivity contribution is 6.49. The van der Waals surface area contributed by atoms with Gasteiger partial charge in [-0.15, -0.1) is 0 Å². The monoisotopic (exact) mass is 326 g/mol. The second-order valence-electron chi connectivity index (χ2n) is 3.95. The first kappa shape index (κ1) is 14.9. The van der Waals surface area contributed by atoms with Gasteiger partial charge >= 0.3 is 0 Å². The van der Waals surface area contributed by atoms with Gasteiger partial charge in [0.25, 0.3) is 0 Å². The molecule has 0 bridgehead atoms. The van der Waals surface area contributed by atoms with E-state index in [1.54, 1.807) is 42.5 Å². The average molecular weight is 328 g/mol. The van der Waals surface area contributed by atoms with Crippen molar-refractivity contribution in [1.29, 1.82) is 0 Å². The van der Waals surface area contributed by atoms with E-state index in [2.05, 4.69) is 0 Å². The van der Waals surface area contributed by atoms with Crippen LogP contribution in [0.5, 0.6) is 0 Å². The molecule has 2 nitrogen and oxygen atoms in total. The number of allylic oxidation sites excluding steroid dienone is 1. The molecule has 5 heteroatoms. The summed E-state index contributed by atoms with van der Waals surface area (Å²) >= 11 is 17.8. The lowest BCUT2D eigenvalue weighted by molar-refractivity contribution is 0.104. The van der Waals surface area contributed by atoms with Crippen LogP contribution in [0.25, 0.3) is 5.76 Å². The molecule has 0 unspecified atom stereocenters. The summed E-state index contributed by atoms with van der Waals surface area (Å²) in [7, 11) is 0. The summed E-state index contributed by atoms with van der Waals surface area (Å²) in [6.45, 7) is 0. The molecule has 2 rings (SSSR count). The van der Waals surface area contributed by atoms with Crippen LogP contribution in [0.4, 0.5) is 0 Å². The Labute approximate surface area is 131 Å². The number of aliphatic hydroxyl groups excluding tert-OH is 1. The van der Waals surface area contributed by atoms with E-state index in [1.807, 2.05) is 0 Å². The molecule has 20 heavy (non-hydrogen) atoms. The van der Waals surface area contributed by atoms with Crippen molar-refractivity contribution in [2.75, 3.05) is 0 Å². The van der Waals surface area contributed by atoms with Crippen molar-refractivity contribution in [3.63, 3.8) is 0 Å². The summed E-state index contributed by atoms with van der Waals surface area (Å²) in [6.07, 6.45) is 0. The van der Waals surface area contributed by atoms with E-state index in [0.29, 0.717) is 10.6 Å². The highest BCUT2D eigenvalue weighted by Crippen LogP contribution is 2.29. The molecule has 0 amide bonds. The summed E-state index contributed by atoms with van der Waals surface area (Å²) in [6, 6.07) is 13.0. The Balaban J connectivity index is 2.47. The average Bonchev–Trinajstić information content (AvgIpc) is 2.46. The van der Waals surface area contributed by atoms with Crippen molar-refractivity contribution >= 4 is 46.3 Å². The van der Waals surface area contributed by atoms with Crippen molar-refractivity contribution in [3.8, 4) is 0 Å². The van der Waals surface area contributed by atoms with Crippen LogP contribution in [-0.2, 0) is 0 Å². The van der Waals surface area contributed by atoms with Gasteiger partial charge in [-0.05, 0) is 24.3 Å². The van der Waals surface area contributed by atoms with Crippen LogP contribution < -0.4 is 0 Å². The van der Waals surface area contributed by atoms with E-state index >= 15 is 0 Å². The van der Waals surface area contributed by atoms with Gasteiger partial charge in [-0.25, -0.2) is 0 Å². The molecule has 102 valence electrons. The highest BCUT2D eigenvalue weighted by Gasteiger charge is 2.19. The van der Waals surface area contributed by atoms with Gasteiger partial charge in [-0.3, -0.25) is 4.79 Å². The van der Waals surface area contributed by atoms with E-state index in [9.17, 15) is 9.90 Å². The maximum atomic E-state index is 12.2. The number of hydrogen-bond acceptors (Lipinski definition) is 2. The summed E-state index contributed by atoms with van der Waals surface area (Å²) in [5, 5.41) is 10.3. The molecule has 0 aliphatic rings. The van der Waals surface area contributed by atoms with Gasteiger partial charge in [0.1, 0.15) is 10.8 Å². The molecule has 0 spiro atoms. The predicted molar refractivity (Wildman–Crippen MR) is 82.6 cm³/mol. The van der Waals surface area contributed by atoms with Crippen molar-refractivity contribution < 1.29 is 9.90 Å². The number of rotatable bonds is 3. The lowest BCUT2D eigenvalue weighted by Gasteiger charge is -2.07. The number of carbonyl (C=O) groups excluding carboxylic acids is 1. The number of aliphatic hydroxyl groups is 1. The van der Waals surface area contributed by atoms with E-state index in [1.165, 1.54) is 6.07 Å². The van der Waals surface area contributed by atoms with E-state index in [-0.39, 0.29) is 21.4 Å². The molecule has 0 saturated carbocycles. The molecular weight excluding hydrogens is 319 g/mol. The summed E-state index contributed by atoms with van der Waals surface area (Å²) < 4.78 is 0. The largest absolute Gasteiger partial charge is 0.506 e. The predicted octanol–water partition coefficient (Wildman–Crippen LogP) is 5.34. The van der Waals surface area contributed by atoms with Crippen LogP contribution in [0, 0.1) is 0 Å². The van der Waals surface area contributed by atoms with Gasteiger partial charge in [0.2, 0.25) is 5.78 Å². The minimum absolute atomic E-state index is 0.220. The van der Waals surface area contributed by atoms with E-state index < -0.39 is 5.78 Å². The zero-order chi connectivity index (χ0) is 14.7. The second kappa shape index (κ2) is 6.31. The fourth-order valence-electron chi connectivity index (χ4n) is 1.64. The third-order valence-electron chi connectivity index (χ3n) is 2.65. The Morgan fingerprint density at radius 1 is 0.850 bits per heavy atom. The fraction of sp³-hybridized carbons (Fsp3) is 0. The first-order valence-electron chi connectivity index (χ1n) is 5.65. The quantitative estimate of drug-likeness (QED) is 0.469. The van der Waals surface area contributed by atoms with Gasteiger partial charge in [0, 0.05) is 11.1 Å². The standard InChI is InChI=1S/C15H9Cl3O2/c16-11-7-3-1-5-9(11)14(19)13(18)15(20)10-6-2-4-8-12(10)17/h1-8,19H. The number of ketones is 1. The molecule has 2 aromatic rings. The van der Waals surface area contributed by atoms with Gasteiger partial charge < -0.3 is 5.11 Å². The minimum atomic E-state index is -0.560. The van der Waals surface area contributed by atoms with Crippen LogP contribution in [0.15, 0.2) is 53.6 Å². The van der Waals surface area contributed by atoms with Crippen molar-refractivity contribution in [2.45, 2.75) is 0 Å². The summed E-state index contributed by atoms with van der Waals surface area (Å²) in [5.41, 5.74) is 0.511. The molecule has 0 atom stereocenters. The van der Waals surface area contributed by atoms with Crippen molar-refractivity contribution in [3.05, 3.63) is 74.7 Å². The number of carbonyl (C=O) groups is 1. The van der Waals surface area contributed by atoms with Gasteiger partial charge in [0.05, 0.1) is 10.0 Å². The van der Waals surface area contributed by atoms with E-state index in [4.69, 9.17) is 34.8 Å². The first-order valence-corrected chi connectivity index (χ1v) is 6.78. The Morgan fingerprint density at radius 3 is 1.80 bits per heavy atom. The van der Waals surface area contributed by atoms with Crippen molar-refractivity contribution in [2.24, 2.45) is 0 Å². The molecule has 0 fully saturated rings. The fourth-order valence-corrected chi connectivity index (χ4v) is 2.29. The maximum Gasteiger partial charge on any atom is 0.209 e. The van der Waals surface area contributed by atoms with Gasteiger partial charge in [-0.2, -0.15) is 0 Å². The third kappa shape index (κ3) is 2.98. The minimum Gasteiger partial charge on any atom is -0.506 e. The van der Waals surface area contributed by atoms with Crippen LogP contribution in [0.3, 0.4) is 0 Å². The molecular formula is C15H9Cl3O2. The van der Waals surface area contributed by atoms with Crippen LogP contribution in [-0.4, -0.2) is 10.9 Å². The number of benzene rings is 2. The van der Waals surface area contributed by atoms with Crippen molar-refractivity contribution in [1.82, 2.24) is 0 Å². The van der Waals surface area contributed by atoms with Crippen LogP contribution in [0.1, 0.15) is 15.9 Å². The molecule has 1 N–H and O–H groups in total. The summed E-state index contributed by atoms with van der Waals surface area (Å²) in [5.74, 6) is -0.933. The first-order chi connectivity index (χ1) is 9.52. The topological polar surface area (TPSA) is 37.3 Å². The maximum absolute atomic E-state index is 12.2. The Morgan fingerprint density at radius 2 is 1.30 bits per heavy atom. The van der Waals surface area contributed by atoms with Crippen LogP contribution >= 0.6 is 34.8 Å². The molecule has 0 aliphatic carbocycles.